The minimum atomic E-state index is 0.660. The van der Waals surface area contributed by atoms with Crippen molar-refractivity contribution in [2.75, 3.05) is 0 Å². The Hall–Kier alpha value is -1.04. The second-order valence-corrected chi connectivity index (χ2v) is 4.07. The van der Waals surface area contributed by atoms with E-state index in [1.54, 1.807) is 0 Å². The van der Waals surface area contributed by atoms with Crippen molar-refractivity contribution in [3.63, 3.8) is 0 Å². The lowest BCUT2D eigenvalue weighted by Gasteiger charge is -2.19. The standard InChI is InChI=1S/C14H20/c1-4-5-11-14(12(2)3)13-9-7-6-8-10-13/h4-10,12,14H,11H2,1-3H3. The largest absolute Gasteiger partial charge is 0.0916 e. The van der Waals surface area contributed by atoms with Gasteiger partial charge in [-0.2, -0.15) is 0 Å². The summed E-state index contributed by atoms with van der Waals surface area (Å²) in [5, 5.41) is 0. The van der Waals surface area contributed by atoms with Crippen LogP contribution in [0.1, 0.15) is 38.7 Å². The van der Waals surface area contributed by atoms with E-state index in [-0.39, 0.29) is 0 Å². The van der Waals surface area contributed by atoms with Crippen LogP contribution in [0.4, 0.5) is 0 Å². The Kier molecular flexibility index (Phi) is 4.45. The van der Waals surface area contributed by atoms with E-state index in [9.17, 15) is 0 Å². The maximum atomic E-state index is 2.29. The van der Waals surface area contributed by atoms with Crippen LogP contribution in [0.25, 0.3) is 0 Å². The zero-order valence-electron chi connectivity index (χ0n) is 9.40. The molecule has 0 aliphatic heterocycles. The first kappa shape index (κ1) is 11.0. The van der Waals surface area contributed by atoms with Crippen LogP contribution in [-0.2, 0) is 0 Å². The summed E-state index contributed by atoms with van der Waals surface area (Å²) in [6, 6.07) is 10.8. The summed E-state index contributed by atoms with van der Waals surface area (Å²) in [4.78, 5) is 0. The highest BCUT2D eigenvalue weighted by atomic mass is 14.2. The van der Waals surface area contributed by atoms with Crippen molar-refractivity contribution in [1.29, 1.82) is 0 Å². The third-order valence-electron chi connectivity index (χ3n) is 2.66. The van der Waals surface area contributed by atoms with E-state index < -0.39 is 0 Å². The number of rotatable bonds is 4. The second kappa shape index (κ2) is 5.64. The molecule has 0 aliphatic rings. The van der Waals surface area contributed by atoms with E-state index >= 15 is 0 Å². The Bertz CT molecular complexity index is 269. The molecule has 0 nitrogen and oxygen atoms in total. The van der Waals surface area contributed by atoms with Crippen LogP contribution < -0.4 is 0 Å². The van der Waals surface area contributed by atoms with Crippen molar-refractivity contribution in [3.05, 3.63) is 48.0 Å². The van der Waals surface area contributed by atoms with Gasteiger partial charge in [0.1, 0.15) is 0 Å². The van der Waals surface area contributed by atoms with Crippen LogP contribution in [0.5, 0.6) is 0 Å². The van der Waals surface area contributed by atoms with Gasteiger partial charge < -0.3 is 0 Å². The minimum Gasteiger partial charge on any atom is -0.0916 e. The predicted molar refractivity (Wildman–Crippen MR) is 63.5 cm³/mol. The first-order valence-electron chi connectivity index (χ1n) is 5.41. The molecule has 0 saturated heterocycles. The average Bonchev–Trinajstić information content (AvgIpc) is 2.19. The second-order valence-electron chi connectivity index (χ2n) is 4.07. The first-order valence-corrected chi connectivity index (χ1v) is 5.41. The fraction of sp³-hybridized carbons (Fsp3) is 0.429. The summed E-state index contributed by atoms with van der Waals surface area (Å²) in [5.74, 6) is 1.36. The highest BCUT2D eigenvalue weighted by Crippen LogP contribution is 2.27. The molecule has 0 saturated carbocycles. The molecule has 1 rings (SSSR count). The van der Waals surface area contributed by atoms with E-state index in [0.29, 0.717) is 11.8 Å². The number of benzene rings is 1. The highest BCUT2D eigenvalue weighted by molar-refractivity contribution is 5.20. The molecule has 0 fully saturated rings. The quantitative estimate of drug-likeness (QED) is 0.615. The van der Waals surface area contributed by atoms with Gasteiger partial charge in [-0.05, 0) is 30.7 Å². The van der Waals surface area contributed by atoms with E-state index in [1.165, 1.54) is 5.56 Å². The van der Waals surface area contributed by atoms with Crippen molar-refractivity contribution in [2.45, 2.75) is 33.1 Å². The van der Waals surface area contributed by atoms with Crippen molar-refractivity contribution in [1.82, 2.24) is 0 Å². The van der Waals surface area contributed by atoms with Gasteiger partial charge in [-0.15, -0.1) is 0 Å². The number of allylic oxidation sites excluding steroid dienone is 2. The topological polar surface area (TPSA) is 0 Å². The summed E-state index contributed by atoms with van der Waals surface area (Å²) in [6.07, 6.45) is 5.55. The summed E-state index contributed by atoms with van der Waals surface area (Å²) in [7, 11) is 0. The molecular weight excluding hydrogens is 168 g/mol. The first-order chi connectivity index (χ1) is 6.75. The summed E-state index contributed by atoms with van der Waals surface area (Å²) in [6.45, 7) is 6.67. The van der Waals surface area contributed by atoms with Crippen LogP contribution in [0.15, 0.2) is 42.5 Å². The van der Waals surface area contributed by atoms with Crippen LogP contribution in [0, 0.1) is 5.92 Å². The molecule has 1 aromatic carbocycles. The molecule has 0 spiro atoms. The molecule has 76 valence electrons. The van der Waals surface area contributed by atoms with Gasteiger partial charge in [0, 0.05) is 0 Å². The van der Waals surface area contributed by atoms with Crippen molar-refractivity contribution in [3.8, 4) is 0 Å². The van der Waals surface area contributed by atoms with Crippen LogP contribution in [-0.4, -0.2) is 0 Å². The Labute approximate surface area is 87.7 Å². The van der Waals surface area contributed by atoms with Crippen LogP contribution in [0.3, 0.4) is 0 Å². The highest BCUT2D eigenvalue weighted by Gasteiger charge is 2.13. The normalized spacial score (nSPS) is 13.7. The molecule has 0 heteroatoms. The van der Waals surface area contributed by atoms with Gasteiger partial charge in [0.05, 0.1) is 0 Å². The van der Waals surface area contributed by atoms with E-state index in [4.69, 9.17) is 0 Å². The van der Waals surface area contributed by atoms with Gasteiger partial charge in [0.25, 0.3) is 0 Å². The minimum absolute atomic E-state index is 0.660. The molecular formula is C14H20. The monoisotopic (exact) mass is 188 g/mol. The zero-order valence-corrected chi connectivity index (χ0v) is 9.40. The van der Waals surface area contributed by atoms with E-state index in [1.807, 2.05) is 0 Å². The van der Waals surface area contributed by atoms with Crippen molar-refractivity contribution >= 4 is 0 Å². The molecule has 1 unspecified atom stereocenters. The predicted octanol–water partition coefficient (Wildman–Crippen LogP) is 4.39. The van der Waals surface area contributed by atoms with Gasteiger partial charge in [-0.25, -0.2) is 0 Å². The molecule has 14 heavy (non-hydrogen) atoms. The Morgan fingerprint density at radius 3 is 2.29 bits per heavy atom. The maximum absolute atomic E-state index is 2.29. The SMILES string of the molecule is CC=CCC(c1ccccc1)C(C)C. The Balaban J connectivity index is 2.78. The van der Waals surface area contributed by atoms with Gasteiger partial charge in [0.15, 0.2) is 0 Å². The molecule has 0 heterocycles. The fourth-order valence-corrected chi connectivity index (χ4v) is 1.78. The van der Waals surface area contributed by atoms with E-state index in [0.717, 1.165) is 6.42 Å². The molecule has 0 aromatic heterocycles. The van der Waals surface area contributed by atoms with Crippen LogP contribution in [0.2, 0.25) is 0 Å². The summed E-state index contributed by atoms with van der Waals surface area (Å²) in [5.41, 5.74) is 1.46. The molecule has 0 N–H and O–H groups in total. The number of hydrogen-bond acceptors (Lipinski definition) is 0. The molecule has 0 bridgehead atoms. The van der Waals surface area contributed by atoms with Crippen molar-refractivity contribution < 1.29 is 0 Å². The van der Waals surface area contributed by atoms with Gasteiger partial charge in [-0.3, -0.25) is 0 Å². The summed E-state index contributed by atoms with van der Waals surface area (Å²) >= 11 is 0. The lowest BCUT2D eigenvalue weighted by Crippen LogP contribution is -2.05. The smallest absolute Gasteiger partial charge is 0.0104 e. The zero-order chi connectivity index (χ0) is 10.4. The van der Waals surface area contributed by atoms with Gasteiger partial charge in [-0.1, -0.05) is 56.3 Å². The number of hydrogen-bond donors (Lipinski definition) is 0. The molecule has 0 amide bonds. The van der Waals surface area contributed by atoms with Gasteiger partial charge >= 0.3 is 0 Å². The van der Waals surface area contributed by atoms with E-state index in [2.05, 4.69) is 63.3 Å². The third-order valence-corrected chi connectivity index (χ3v) is 2.66. The Morgan fingerprint density at radius 1 is 1.14 bits per heavy atom. The summed E-state index contributed by atoms with van der Waals surface area (Å²) < 4.78 is 0. The lowest BCUT2D eigenvalue weighted by molar-refractivity contribution is 0.502. The van der Waals surface area contributed by atoms with Crippen LogP contribution >= 0.6 is 0 Å². The molecule has 1 aromatic rings. The maximum Gasteiger partial charge on any atom is -0.0104 e. The fourth-order valence-electron chi connectivity index (χ4n) is 1.78. The third kappa shape index (κ3) is 3.02. The van der Waals surface area contributed by atoms with Crippen molar-refractivity contribution in [2.24, 2.45) is 5.92 Å². The molecule has 0 aliphatic carbocycles. The van der Waals surface area contributed by atoms with Gasteiger partial charge in [0.2, 0.25) is 0 Å². The lowest BCUT2D eigenvalue weighted by atomic mass is 9.86. The Morgan fingerprint density at radius 2 is 1.79 bits per heavy atom. The average molecular weight is 188 g/mol. The molecule has 0 radical (unpaired) electrons. The molecule has 1 atom stereocenters.